The van der Waals surface area contributed by atoms with Gasteiger partial charge in [0.15, 0.2) is 0 Å². The molecule has 5 rings (SSSR count). The number of hydrogen-bond donors (Lipinski definition) is 2. The molecule has 4 aliphatic rings. The molecule has 0 unspecified atom stereocenters. The molecular weight excluding hydrogens is 386 g/mol. The van der Waals surface area contributed by atoms with Gasteiger partial charge in [-0.05, 0) is 68.4 Å². The summed E-state index contributed by atoms with van der Waals surface area (Å²) in [6, 6.07) is 4.89. The summed E-state index contributed by atoms with van der Waals surface area (Å²) in [7, 11) is 1.58. The first kappa shape index (κ1) is 20.8. The fourth-order valence-corrected chi connectivity index (χ4v) is 6.36. The fourth-order valence-electron chi connectivity index (χ4n) is 6.36. The van der Waals surface area contributed by atoms with Crippen LogP contribution in [0.5, 0.6) is 0 Å². The highest BCUT2D eigenvalue weighted by Crippen LogP contribution is 2.61. The number of nitrogens with one attached hydrogen (secondary N) is 2. The van der Waals surface area contributed by atoms with Crippen LogP contribution in [0.3, 0.4) is 0 Å². The van der Waals surface area contributed by atoms with E-state index in [2.05, 4.69) is 10.6 Å². The predicted octanol–water partition coefficient (Wildman–Crippen LogP) is 2.67. The van der Waals surface area contributed by atoms with E-state index in [1.54, 1.807) is 7.11 Å². The Hall–Kier alpha value is -2.48. The largest absolute Gasteiger partial charge is 0.383 e. The number of benzene rings is 1. The van der Waals surface area contributed by atoms with Gasteiger partial charge in [0.1, 0.15) is 6.04 Å². The van der Waals surface area contributed by atoms with E-state index in [1.807, 2.05) is 0 Å². The molecule has 30 heavy (non-hydrogen) atoms. The van der Waals surface area contributed by atoms with Crippen LogP contribution in [0.4, 0.5) is 5.69 Å². The first-order chi connectivity index (χ1) is 14.4. The van der Waals surface area contributed by atoms with Crippen molar-refractivity contribution in [3.05, 3.63) is 39.9 Å². The van der Waals surface area contributed by atoms with Crippen LogP contribution >= 0.6 is 0 Å². The van der Waals surface area contributed by atoms with E-state index in [9.17, 15) is 19.7 Å². The van der Waals surface area contributed by atoms with Crippen molar-refractivity contribution in [1.29, 1.82) is 0 Å². The van der Waals surface area contributed by atoms with Crippen LogP contribution in [-0.4, -0.2) is 43.0 Å². The van der Waals surface area contributed by atoms with E-state index < -0.39 is 11.0 Å². The number of ether oxygens (including phenoxy) is 1. The van der Waals surface area contributed by atoms with Crippen LogP contribution in [0, 0.1) is 33.3 Å². The maximum atomic E-state index is 13.2. The van der Waals surface area contributed by atoms with Gasteiger partial charge in [-0.3, -0.25) is 19.7 Å². The molecule has 4 bridgehead atoms. The lowest BCUT2D eigenvalue weighted by Crippen LogP contribution is -2.62. The first-order valence-corrected chi connectivity index (χ1v) is 10.7. The summed E-state index contributed by atoms with van der Waals surface area (Å²) in [5, 5.41) is 16.8. The van der Waals surface area contributed by atoms with Crippen molar-refractivity contribution in [1.82, 2.24) is 10.6 Å². The molecule has 162 valence electrons. The van der Waals surface area contributed by atoms with Gasteiger partial charge in [0.2, 0.25) is 5.91 Å². The van der Waals surface area contributed by atoms with Crippen molar-refractivity contribution in [2.24, 2.45) is 23.2 Å². The lowest BCUT2D eigenvalue weighted by Gasteiger charge is -2.58. The smallest absolute Gasteiger partial charge is 0.269 e. The molecule has 0 radical (unpaired) electrons. The van der Waals surface area contributed by atoms with E-state index in [4.69, 9.17) is 4.74 Å². The highest BCUT2D eigenvalue weighted by atomic mass is 16.6. The van der Waals surface area contributed by atoms with Crippen LogP contribution in [0.1, 0.15) is 48.9 Å². The van der Waals surface area contributed by atoms with E-state index in [0.717, 1.165) is 19.3 Å². The number of non-ortho nitro benzene ring substituents is 1. The third-order valence-corrected chi connectivity index (χ3v) is 7.18. The summed E-state index contributed by atoms with van der Waals surface area (Å²) in [5.41, 5.74) is 0.0454. The zero-order chi connectivity index (χ0) is 21.3. The van der Waals surface area contributed by atoms with E-state index in [-0.39, 0.29) is 22.9 Å². The second kappa shape index (κ2) is 8.34. The molecule has 8 nitrogen and oxygen atoms in total. The molecule has 0 saturated heterocycles. The lowest BCUT2D eigenvalue weighted by atomic mass is 9.47. The Kier molecular flexibility index (Phi) is 5.77. The van der Waals surface area contributed by atoms with Gasteiger partial charge in [-0.25, -0.2) is 0 Å². The zero-order valence-electron chi connectivity index (χ0n) is 17.3. The maximum Gasteiger partial charge on any atom is 0.269 e. The molecule has 1 atom stereocenters. The van der Waals surface area contributed by atoms with Gasteiger partial charge in [-0.15, -0.1) is 0 Å². The van der Waals surface area contributed by atoms with Crippen LogP contribution < -0.4 is 10.6 Å². The molecule has 1 aromatic rings. The summed E-state index contributed by atoms with van der Waals surface area (Å²) in [4.78, 5) is 36.5. The van der Waals surface area contributed by atoms with Gasteiger partial charge in [0, 0.05) is 36.8 Å². The van der Waals surface area contributed by atoms with Gasteiger partial charge in [-0.1, -0.05) is 0 Å². The number of rotatable bonds is 8. The number of nitro groups is 1. The van der Waals surface area contributed by atoms with Crippen LogP contribution in [-0.2, 0) is 9.53 Å². The molecule has 0 aromatic heterocycles. The van der Waals surface area contributed by atoms with Crippen LogP contribution in [0.15, 0.2) is 24.3 Å². The van der Waals surface area contributed by atoms with Crippen LogP contribution in [0.2, 0.25) is 0 Å². The molecule has 0 aliphatic heterocycles. The van der Waals surface area contributed by atoms with Crippen molar-refractivity contribution in [2.45, 2.75) is 44.6 Å². The predicted molar refractivity (Wildman–Crippen MR) is 110 cm³/mol. The van der Waals surface area contributed by atoms with Gasteiger partial charge in [0.25, 0.3) is 11.6 Å². The fraction of sp³-hybridized carbons (Fsp3) is 0.636. The minimum absolute atomic E-state index is 0.0681. The topological polar surface area (TPSA) is 111 Å². The van der Waals surface area contributed by atoms with Gasteiger partial charge in [0.05, 0.1) is 11.5 Å². The molecule has 4 fully saturated rings. The lowest BCUT2D eigenvalue weighted by molar-refractivity contribution is -0.384. The number of nitrogens with zero attached hydrogens (tertiary/aromatic N) is 1. The SMILES string of the molecule is COCCNC(=O)[C@@H](NC(=O)c1ccc([N+](=O)[O-])cc1)C12CC3CC(CC(C3)C1)C2. The quantitative estimate of drug-likeness (QED) is 0.385. The third kappa shape index (κ3) is 4.05. The van der Waals surface area contributed by atoms with E-state index in [1.165, 1.54) is 43.5 Å². The maximum absolute atomic E-state index is 13.2. The molecular formula is C22H29N3O5. The van der Waals surface area contributed by atoms with Gasteiger partial charge in [-0.2, -0.15) is 0 Å². The Morgan fingerprint density at radius 3 is 2.20 bits per heavy atom. The normalized spacial score (nSPS) is 30.0. The highest BCUT2D eigenvalue weighted by molar-refractivity contribution is 5.98. The summed E-state index contributed by atoms with van der Waals surface area (Å²) in [6.45, 7) is 0.807. The number of amides is 2. The minimum Gasteiger partial charge on any atom is -0.383 e. The highest BCUT2D eigenvalue weighted by Gasteiger charge is 2.56. The summed E-state index contributed by atoms with van der Waals surface area (Å²) < 4.78 is 5.05. The molecule has 0 spiro atoms. The molecule has 2 amide bonds. The number of nitro benzene ring substituents is 1. The molecule has 4 aliphatic carbocycles. The Labute approximate surface area is 175 Å². The number of carbonyl (C=O) groups is 2. The molecule has 2 N–H and O–H groups in total. The summed E-state index contributed by atoms with van der Waals surface area (Å²) in [6.07, 6.45) is 6.65. The number of carbonyl (C=O) groups excluding carboxylic acids is 2. The molecule has 4 saturated carbocycles. The van der Waals surface area contributed by atoms with Crippen LogP contribution in [0.25, 0.3) is 0 Å². The Balaban J connectivity index is 1.55. The average molecular weight is 415 g/mol. The Morgan fingerprint density at radius 2 is 1.70 bits per heavy atom. The van der Waals surface area contributed by atoms with Crippen molar-refractivity contribution in [3.8, 4) is 0 Å². The van der Waals surface area contributed by atoms with E-state index in [0.29, 0.717) is 36.5 Å². The van der Waals surface area contributed by atoms with Crippen molar-refractivity contribution in [3.63, 3.8) is 0 Å². The first-order valence-electron chi connectivity index (χ1n) is 10.7. The molecule has 1 aromatic carbocycles. The molecule has 0 heterocycles. The Morgan fingerprint density at radius 1 is 1.13 bits per heavy atom. The van der Waals surface area contributed by atoms with E-state index >= 15 is 0 Å². The van der Waals surface area contributed by atoms with Gasteiger partial charge >= 0.3 is 0 Å². The monoisotopic (exact) mass is 415 g/mol. The summed E-state index contributed by atoms with van der Waals surface area (Å²) in [5.74, 6) is 1.39. The third-order valence-electron chi connectivity index (χ3n) is 7.18. The number of hydrogen-bond acceptors (Lipinski definition) is 5. The second-order valence-electron chi connectivity index (χ2n) is 9.27. The van der Waals surface area contributed by atoms with Crippen molar-refractivity contribution < 1.29 is 19.2 Å². The minimum atomic E-state index is -0.606. The van der Waals surface area contributed by atoms with Crippen molar-refractivity contribution in [2.75, 3.05) is 20.3 Å². The molecule has 8 heteroatoms. The standard InChI is InChI=1S/C22H29N3O5/c1-30-7-6-23-21(27)19(22-11-14-8-15(12-22)10-16(9-14)13-22)24-20(26)17-2-4-18(5-3-17)25(28)29/h2-5,14-16,19H,6-13H2,1H3,(H,23,27)(H,24,26)/t14?,15?,16?,19-,22?/m1/s1. The number of methoxy groups -OCH3 is 1. The second-order valence-corrected chi connectivity index (χ2v) is 9.27. The van der Waals surface area contributed by atoms with Gasteiger partial charge < -0.3 is 15.4 Å². The van der Waals surface area contributed by atoms with Crippen molar-refractivity contribution >= 4 is 17.5 Å². The zero-order valence-corrected chi connectivity index (χ0v) is 17.3. The summed E-state index contributed by atoms with van der Waals surface area (Å²) >= 11 is 0. The Bertz CT molecular complexity index is 787. The average Bonchev–Trinajstić information content (AvgIpc) is 2.71.